The molecule has 0 heterocycles. The third-order valence-electron chi connectivity index (χ3n) is 4.53. The highest BCUT2D eigenvalue weighted by molar-refractivity contribution is 6.04. The van der Waals surface area contributed by atoms with Crippen molar-refractivity contribution in [3.63, 3.8) is 0 Å². The lowest BCUT2D eigenvalue weighted by Gasteiger charge is -2.10. The van der Waals surface area contributed by atoms with Crippen LogP contribution in [0.3, 0.4) is 0 Å². The van der Waals surface area contributed by atoms with E-state index in [-0.39, 0.29) is 11.3 Å². The van der Waals surface area contributed by atoms with E-state index >= 15 is 0 Å². The van der Waals surface area contributed by atoms with E-state index in [1.54, 1.807) is 24.3 Å². The lowest BCUT2D eigenvalue weighted by Crippen LogP contribution is -2.11. The Bertz CT molecular complexity index is 1220. The second-order valence-electron chi connectivity index (χ2n) is 6.74. The van der Waals surface area contributed by atoms with Crippen LogP contribution in [0.4, 0.5) is 34.1 Å². The molecule has 1 amide bonds. The van der Waals surface area contributed by atoms with Crippen molar-refractivity contribution in [2.24, 2.45) is 0 Å². The van der Waals surface area contributed by atoms with Gasteiger partial charge in [0.05, 0.1) is 33.5 Å². The molecule has 34 heavy (non-hydrogen) atoms. The summed E-state index contributed by atoms with van der Waals surface area (Å²) < 4.78 is 5.34. The number of nitrogens with one attached hydrogen (secondary N) is 2. The minimum Gasteiger partial charge on any atom is -0.494 e. The maximum Gasteiger partial charge on any atom is 0.306 e. The van der Waals surface area contributed by atoms with Crippen LogP contribution < -0.4 is 15.4 Å². The van der Waals surface area contributed by atoms with Crippen molar-refractivity contribution in [2.45, 2.75) is 6.92 Å². The van der Waals surface area contributed by atoms with Crippen LogP contribution >= 0.6 is 0 Å². The summed E-state index contributed by atoms with van der Waals surface area (Å²) in [5.74, 6) is 0.230. The number of hydrogen-bond donors (Lipinski definition) is 2. The number of amides is 1. The Hall–Kier alpha value is -5.07. The van der Waals surface area contributed by atoms with Gasteiger partial charge >= 0.3 is 11.4 Å². The van der Waals surface area contributed by atoms with Gasteiger partial charge in [-0.1, -0.05) is 0 Å². The van der Waals surface area contributed by atoms with Gasteiger partial charge < -0.3 is 15.4 Å². The first kappa shape index (κ1) is 23.6. The van der Waals surface area contributed by atoms with Gasteiger partial charge in [-0.25, -0.2) is 0 Å². The molecule has 0 spiro atoms. The van der Waals surface area contributed by atoms with Gasteiger partial charge in [0.15, 0.2) is 5.69 Å². The lowest BCUT2D eigenvalue weighted by molar-refractivity contribution is -0.401. The third-order valence-corrected chi connectivity index (χ3v) is 4.53. The van der Waals surface area contributed by atoms with Crippen molar-refractivity contribution < 1.29 is 24.3 Å². The van der Waals surface area contributed by atoms with Crippen LogP contribution in [0.25, 0.3) is 0 Å². The fourth-order valence-corrected chi connectivity index (χ4v) is 2.97. The summed E-state index contributed by atoms with van der Waals surface area (Å²) in [4.78, 5) is 43.4. The summed E-state index contributed by atoms with van der Waals surface area (Å²) in [6.07, 6.45) is 0. The number of hydrogen-bond acceptors (Lipinski definition) is 9. The van der Waals surface area contributed by atoms with Crippen molar-refractivity contribution in [3.8, 4) is 5.75 Å². The Labute approximate surface area is 191 Å². The predicted octanol–water partition coefficient (Wildman–Crippen LogP) is 4.81. The highest BCUT2D eigenvalue weighted by Crippen LogP contribution is 2.40. The smallest absolute Gasteiger partial charge is 0.306 e. The molecule has 3 rings (SSSR count). The van der Waals surface area contributed by atoms with Gasteiger partial charge in [-0.2, -0.15) is 0 Å². The molecular formula is C21H17N5O8. The number of benzene rings is 3. The molecule has 0 unspecified atom stereocenters. The molecule has 0 atom stereocenters. The van der Waals surface area contributed by atoms with Gasteiger partial charge in [0.25, 0.3) is 11.6 Å². The highest BCUT2D eigenvalue weighted by atomic mass is 16.6. The Kier molecular flexibility index (Phi) is 6.96. The summed E-state index contributed by atoms with van der Waals surface area (Å²) in [5, 5.41) is 39.0. The first-order valence-corrected chi connectivity index (χ1v) is 9.72. The predicted molar refractivity (Wildman–Crippen MR) is 122 cm³/mol. The standard InChI is InChI=1S/C21H17N5O8/c1-2-34-17-9-7-15(8-10-17)23-21(27)13-3-5-14(6-4-13)22-20-18(25(30)31)11-16(24(28)29)12-19(20)26(32)33/h3-12,22H,2H2,1H3,(H,23,27). The van der Waals surface area contributed by atoms with Crippen LogP contribution in [0.5, 0.6) is 5.75 Å². The summed E-state index contributed by atoms with van der Waals surface area (Å²) in [7, 11) is 0. The minimum absolute atomic E-state index is 0.192. The highest BCUT2D eigenvalue weighted by Gasteiger charge is 2.30. The minimum atomic E-state index is -0.957. The molecule has 0 radical (unpaired) electrons. The van der Waals surface area contributed by atoms with Gasteiger partial charge in [0.2, 0.25) is 0 Å². The number of non-ortho nitro benzene ring substituents is 1. The number of nitro benzene ring substituents is 3. The number of anilines is 3. The van der Waals surface area contributed by atoms with Crippen molar-refractivity contribution >= 4 is 40.0 Å². The summed E-state index contributed by atoms with van der Waals surface area (Å²) in [6.45, 7) is 2.37. The second-order valence-corrected chi connectivity index (χ2v) is 6.74. The maximum absolute atomic E-state index is 12.5. The normalized spacial score (nSPS) is 10.3. The lowest BCUT2D eigenvalue weighted by atomic mass is 10.1. The molecule has 13 nitrogen and oxygen atoms in total. The fraction of sp³-hybridized carbons (Fsp3) is 0.0952. The zero-order valence-electron chi connectivity index (χ0n) is 17.6. The first-order chi connectivity index (χ1) is 16.2. The molecule has 0 aromatic heterocycles. The molecule has 13 heteroatoms. The Balaban J connectivity index is 1.82. The molecular weight excluding hydrogens is 450 g/mol. The van der Waals surface area contributed by atoms with Crippen molar-refractivity contribution in [3.05, 3.63) is 96.6 Å². The number of ether oxygens (including phenoxy) is 1. The van der Waals surface area contributed by atoms with Crippen LogP contribution in [0.2, 0.25) is 0 Å². The molecule has 3 aromatic carbocycles. The van der Waals surface area contributed by atoms with Crippen molar-refractivity contribution in [1.82, 2.24) is 0 Å². The van der Waals surface area contributed by atoms with Gasteiger partial charge in [0, 0.05) is 16.9 Å². The number of nitro groups is 3. The Morgan fingerprint density at radius 2 is 1.35 bits per heavy atom. The van der Waals surface area contributed by atoms with Crippen molar-refractivity contribution in [2.75, 3.05) is 17.2 Å². The number of rotatable bonds is 9. The summed E-state index contributed by atoms with van der Waals surface area (Å²) in [6, 6.07) is 13.6. The first-order valence-electron chi connectivity index (χ1n) is 9.72. The van der Waals surface area contributed by atoms with Crippen LogP contribution in [0.1, 0.15) is 17.3 Å². The van der Waals surface area contributed by atoms with E-state index in [0.717, 1.165) is 0 Å². The molecule has 0 aliphatic carbocycles. The molecule has 0 aliphatic heterocycles. The van der Waals surface area contributed by atoms with Crippen LogP contribution in [0.15, 0.2) is 60.7 Å². The molecule has 0 saturated heterocycles. The topological polar surface area (TPSA) is 180 Å². The monoisotopic (exact) mass is 467 g/mol. The van der Waals surface area contributed by atoms with E-state index in [1.807, 2.05) is 6.92 Å². The van der Waals surface area contributed by atoms with E-state index in [2.05, 4.69) is 10.6 Å². The van der Waals surface area contributed by atoms with Gasteiger partial charge in [0.1, 0.15) is 5.75 Å². The van der Waals surface area contributed by atoms with Gasteiger partial charge in [-0.15, -0.1) is 0 Å². The molecule has 3 aromatic rings. The van der Waals surface area contributed by atoms with E-state index in [0.29, 0.717) is 30.2 Å². The van der Waals surface area contributed by atoms with Crippen LogP contribution in [-0.4, -0.2) is 27.3 Å². The molecule has 0 bridgehead atoms. The number of nitrogens with zero attached hydrogens (tertiary/aromatic N) is 3. The average molecular weight is 467 g/mol. The zero-order valence-corrected chi connectivity index (χ0v) is 17.6. The zero-order chi connectivity index (χ0) is 24.8. The van der Waals surface area contributed by atoms with E-state index in [1.165, 1.54) is 24.3 Å². The van der Waals surface area contributed by atoms with Gasteiger partial charge in [-0.05, 0) is 55.5 Å². The van der Waals surface area contributed by atoms with E-state index in [4.69, 9.17) is 4.74 Å². The molecule has 0 fully saturated rings. The van der Waals surface area contributed by atoms with Crippen LogP contribution in [-0.2, 0) is 0 Å². The molecule has 2 N–H and O–H groups in total. The molecule has 0 aliphatic rings. The second kappa shape index (κ2) is 10.0. The van der Waals surface area contributed by atoms with Crippen molar-refractivity contribution in [1.29, 1.82) is 0 Å². The van der Waals surface area contributed by atoms with E-state index in [9.17, 15) is 35.1 Å². The largest absolute Gasteiger partial charge is 0.494 e. The molecule has 0 saturated carbocycles. The average Bonchev–Trinajstić information content (AvgIpc) is 2.80. The fourth-order valence-electron chi connectivity index (χ4n) is 2.97. The molecule has 174 valence electrons. The summed E-state index contributed by atoms with van der Waals surface area (Å²) in [5.41, 5.74) is -1.99. The summed E-state index contributed by atoms with van der Waals surface area (Å²) >= 11 is 0. The SMILES string of the molecule is CCOc1ccc(NC(=O)c2ccc(Nc3c([N+](=O)[O-])cc([N+](=O)[O-])cc3[N+](=O)[O-])cc2)cc1. The Morgan fingerprint density at radius 3 is 1.82 bits per heavy atom. The van der Waals surface area contributed by atoms with Crippen LogP contribution in [0, 0.1) is 30.3 Å². The quantitative estimate of drug-likeness (QED) is 0.330. The number of carbonyl (C=O) groups is 1. The maximum atomic E-state index is 12.5. The van der Waals surface area contributed by atoms with E-state index < -0.39 is 43.4 Å². The van der Waals surface area contributed by atoms with Gasteiger partial charge in [-0.3, -0.25) is 35.1 Å². The Morgan fingerprint density at radius 1 is 0.824 bits per heavy atom. The third kappa shape index (κ3) is 5.40. The number of carbonyl (C=O) groups excluding carboxylic acids is 1.